The molecular weight excluding hydrogens is 281 g/mol. The smallest absolute Gasteiger partial charge is 0.252 e. The van der Waals surface area contributed by atoms with Gasteiger partial charge >= 0.3 is 0 Å². The third-order valence-electron chi connectivity index (χ3n) is 1.81. The molecule has 0 amide bonds. The van der Waals surface area contributed by atoms with E-state index >= 15 is 0 Å². The highest BCUT2D eigenvalue weighted by Crippen LogP contribution is 2.23. The number of hydrogen-bond acceptors (Lipinski definition) is 2. The summed E-state index contributed by atoms with van der Waals surface area (Å²) in [7, 11) is 0. The van der Waals surface area contributed by atoms with E-state index in [0.717, 1.165) is 3.57 Å². The number of H-pyrrole nitrogens is 1. The summed E-state index contributed by atoms with van der Waals surface area (Å²) in [5.74, 6) is 0.0252. The van der Waals surface area contributed by atoms with Gasteiger partial charge in [0.25, 0.3) is 5.56 Å². The molecule has 0 spiro atoms. The number of rotatable bonds is 0. The van der Waals surface area contributed by atoms with E-state index in [9.17, 15) is 9.90 Å². The van der Waals surface area contributed by atoms with Crippen molar-refractivity contribution in [3.63, 3.8) is 0 Å². The lowest BCUT2D eigenvalue weighted by molar-refractivity contribution is 0.480. The standard InChI is InChI=1S/C9H6INO2/c10-6-3-1-2-5-7(12)4-8(13)11-9(5)6/h1-4H,(H2,11,12,13). The van der Waals surface area contributed by atoms with Crippen LogP contribution in [0.1, 0.15) is 0 Å². The Hall–Kier alpha value is -1.04. The van der Waals surface area contributed by atoms with Crippen LogP contribution in [0.4, 0.5) is 0 Å². The normalized spacial score (nSPS) is 10.5. The molecule has 13 heavy (non-hydrogen) atoms. The van der Waals surface area contributed by atoms with Crippen LogP contribution in [0.15, 0.2) is 29.1 Å². The number of halogens is 1. The zero-order valence-corrected chi connectivity index (χ0v) is 8.70. The molecule has 0 unspecified atom stereocenters. The van der Waals surface area contributed by atoms with Gasteiger partial charge in [-0.05, 0) is 34.7 Å². The molecule has 2 N–H and O–H groups in total. The Balaban J connectivity index is 3.03. The van der Waals surface area contributed by atoms with Gasteiger partial charge in [-0.1, -0.05) is 6.07 Å². The summed E-state index contributed by atoms with van der Waals surface area (Å²) < 4.78 is 0.920. The van der Waals surface area contributed by atoms with E-state index in [2.05, 4.69) is 27.6 Å². The molecule has 2 aromatic rings. The van der Waals surface area contributed by atoms with Gasteiger partial charge in [0.1, 0.15) is 5.75 Å². The highest BCUT2D eigenvalue weighted by Gasteiger charge is 2.03. The number of fused-ring (bicyclic) bond motifs is 1. The van der Waals surface area contributed by atoms with Crippen LogP contribution in [0.3, 0.4) is 0 Å². The van der Waals surface area contributed by atoms with Gasteiger partial charge in [0.2, 0.25) is 0 Å². The molecule has 0 fully saturated rings. The summed E-state index contributed by atoms with van der Waals surface area (Å²) in [5, 5.41) is 10.1. The van der Waals surface area contributed by atoms with E-state index in [0.29, 0.717) is 10.9 Å². The number of para-hydroxylation sites is 1. The molecule has 4 heteroatoms. The predicted molar refractivity (Wildman–Crippen MR) is 59.0 cm³/mol. The average Bonchev–Trinajstić information content (AvgIpc) is 2.07. The Bertz CT molecular complexity index is 518. The molecule has 0 saturated heterocycles. The fraction of sp³-hybridized carbons (Fsp3) is 0. The minimum absolute atomic E-state index is 0.0252. The molecular formula is C9H6INO2. The van der Waals surface area contributed by atoms with Crippen molar-refractivity contribution in [3.8, 4) is 5.75 Å². The van der Waals surface area contributed by atoms with Crippen LogP contribution in [0.5, 0.6) is 5.75 Å². The fourth-order valence-corrected chi connectivity index (χ4v) is 1.86. The molecule has 0 radical (unpaired) electrons. The Morgan fingerprint density at radius 3 is 2.92 bits per heavy atom. The predicted octanol–water partition coefficient (Wildman–Crippen LogP) is 1.84. The van der Waals surface area contributed by atoms with Gasteiger partial charge in [-0.25, -0.2) is 0 Å². The maximum absolute atomic E-state index is 11.0. The van der Waals surface area contributed by atoms with Crippen LogP contribution in [-0.2, 0) is 0 Å². The van der Waals surface area contributed by atoms with E-state index in [4.69, 9.17) is 0 Å². The Morgan fingerprint density at radius 2 is 2.15 bits per heavy atom. The van der Waals surface area contributed by atoms with Gasteiger partial charge in [-0.2, -0.15) is 0 Å². The molecule has 0 aliphatic rings. The summed E-state index contributed by atoms with van der Waals surface area (Å²) in [6.07, 6.45) is 0. The third-order valence-corrected chi connectivity index (χ3v) is 2.70. The van der Waals surface area contributed by atoms with Crippen LogP contribution >= 0.6 is 22.6 Å². The highest BCUT2D eigenvalue weighted by atomic mass is 127. The van der Waals surface area contributed by atoms with Crippen molar-refractivity contribution in [2.75, 3.05) is 0 Å². The van der Waals surface area contributed by atoms with E-state index in [1.807, 2.05) is 12.1 Å². The lowest BCUT2D eigenvalue weighted by atomic mass is 10.2. The number of benzene rings is 1. The maximum atomic E-state index is 11.0. The van der Waals surface area contributed by atoms with Crippen molar-refractivity contribution >= 4 is 33.5 Å². The second kappa shape index (κ2) is 3.02. The van der Waals surface area contributed by atoms with Crippen LogP contribution < -0.4 is 5.56 Å². The minimum atomic E-state index is -0.283. The number of nitrogens with one attached hydrogen (secondary N) is 1. The third kappa shape index (κ3) is 1.41. The lowest BCUT2D eigenvalue weighted by Crippen LogP contribution is -2.03. The zero-order chi connectivity index (χ0) is 9.42. The molecule has 66 valence electrons. The molecule has 3 nitrogen and oxygen atoms in total. The van der Waals surface area contributed by atoms with Crippen LogP contribution in [0.2, 0.25) is 0 Å². The molecule has 0 bridgehead atoms. The average molecular weight is 287 g/mol. The second-order valence-electron chi connectivity index (χ2n) is 2.68. The lowest BCUT2D eigenvalue weighted by Gasteiger charge is -2.01. The van der Waals surface area contributed by atoms with Gasteiger partial charge in [0.15, 0.2) is 0 Å². The number of aromatic amines is 1. The molecule has 0 aliphatic carbocycles. The van der Waals surface area contributed by atoms with Gasteiger partial charge in [-0.3, -0.25) is 4.79 Å². The quantitative estimate of drug-likeness (QED) is 0.726. The SMILES string of the molecule is O=c1cc(O)c2cccc(I)c2[nH]1. The molecule has 1 aromatic carbocycles. The highest BCUT2D eigenvalue weighted by molar-refractivity contribution is 14.1. The summed E-state index contributed by atoms with van der Waals surface area (Å²) >= 11 is 2.11. The van der Waals surface area contributed by atoms with Gasteiger partial charge in [-0.15, -0.1) is 0 Å². The molecule has 0 atom stereocenters. The topological polar surface area (TPSA) is 53.1 Å². The Labute approximate surface area is 87.6 Å². The monoisotopic (exact) mass is 287 g/mol. The first-order chi connectivity index (χ1) is 6.18. The van der Waals surface area contributed by atoms with E-state index in [1.165, 1.54) is 6.07 Å². The van der Waals surface area contributed by atoms with Gasteiger partial charge in [0, 0.05) is 15.0 Å². The Kier molecular flexibility index (Phi) is 1.99. The first kappa shape index (κ1) is 8.55. The fourth-order valence-electron chi connectivity index (χ4n) is 1.23. The summed E-state index contributed by atoms with van der Waals surface area (Å²) in [6, 6.07) is 6.65. The molecule has 0 aliphatic heterocycles. The molecule has 1 aromatic heterocycles. The van der Waals surface area contributed by atoms with Gasteiger partial charge in [0.05, 0.1) is 5.52 Å². The number of hydrogen-bond donors (Lipinski definition) is 2. The van der Waals surface area contributed by atoms with Crippen molar-refractivity contribution in [1.29, 1.82) is 0 Å². The second-order valence-corrected chi connectivity index (χ2v) is 3.84. The first-order valence-corrected chi connectivity index (χ1v) is 4.77. The minimum Gasteiger partial charge on any atom is -0.507 e. The van der Waals surface area contributed by atoms with Crippen LogP contribution in [-0.4, -0.2) is 10.1 Å². The van der Waals surface area contributed by atoms with Crippen molar-refractivity contribution in [2.45, 2.75) is 0 Å². The van der Waals surface area contributed by atoms with Gasteiger partial charge < -0.3 is 10.1 Å². The summed E-state index contributed by atoms with van der Waals surface area (Å²) in [5.41, 5.74) is 0.405. The maximum Gasteiger partial charge on any atom is 0.252 e. The van der Waals surface area contributed by atoms with E-state index < -0.39 is 0 Å². The van der Waals surface area contributed by atoms with Crippen molar-refractivity contribution in [2.24, 2.45) is 0 Å². The van der Waals surface area contributed by atoms with E-state index in [-0.39, 0.29) is 11.3 Å². The number of aromatic nitrogens is 1. The molecule has 2 rings (SSSR count). The van der Waals surface area contributed by atoms with E-state index in [1.54, 1.807) is 6.07 Å². The van der Waals surface area contributed by atoms with Crippen molar-refractivity contribution in [3.05, 3.63) is 38.2 Å². The molecule has 1 heterocycles. The van der Waals surface area contributed by atoms with Crippen LogP contribution in [0, 0.1) is 3.57 Å². The number of aromatic hydroxyl groups is 1. The van der Waals surface area contributed by atoms with Crippen LogP contribution in [0.25, 0.3) is 10.9 Å². The Morgan fingerprint density at radius 1 is 1.38 bits per heavy atom. The van der Waals surface area contributed by atoms with Crippen molar-refractivity contribution < 1.29 is 5.11 Å². The van der Waals surface area contributed by atoms with Crippen molar-refractivity contribution in [1.82, 2.24) is 4.98 Å². The summed E-state index contributed by atoms with van der Waals surface area (Å²) in [4.78, 5) is 13.7. The molecule has 0 saturated carbocycles. The summed E-state index contributed by atoms with van der Waals surface area (Å²) in [6.45, 7) is 0. The zero-order valence-electron chi connectivity index (χ0n) is 6.54. The largest absolute Gasteiger partial charge is 0.507 e. The number of pyridine rings is 1. The first-order valence-electron chi connectivity index (χ1n) is 3.69.